The van der Waals surface area contributed by atoms with E-state index in [0.717, 1.165) is 11.3 Å². The maximum Gasteiger partial charge on any atom is 0.240 e. The standard InChI is InChI=1S/C15H14N2O3/c1-10(18)17-14(15-6-3-7-20-15)9-13(16-17)11-4-2-5-12(19)8-11/h2-8,14,19H,9H2,1H3. The number of furan rings is 1. The average Bonchev–Trinajstić information content (AvgIpc) is 3.08. The Morgan fingerprint density at radius 1 is 1.40 bits per heavy atom. The molecule has 5 heteroatoms. The molecule has 1 atom stereocenters. The molecule has 1 amide bonds. The molecule has 1 unspecified atom stereocenters. The van der Waals surface area contributed by atoms with Gasteiger partial charge in [-0.2, -0.15) is 5.10 Å². The third kappa shape index (κ3) is 2.18. The van der Waals surface area contributed by atoms with Crippen molar-refractivity contribution < 1.29 is 14.3 Å². The predicted octanol–water partition coefficient (Wildman–Crippen LogP) is 2.68. The fourth-order valence-electron chi connectivity index (χ4n) is 2.36. The monoisotopic (exact) mass is 270 g/mol. The number of amides is 1. The van der Waals surface area contributed by atoms with Gasteiger partial charge in [0.25, 0.3) is 0 Å². The van der Waals surface area contributed by atoms with Gasteiger partial charge in [0.15, 0.2) is 0 Å². The summed E-state index contributed by atoms with van der Waals surface area (Å²) in [6.45, 7) is 1.48. The first-order chi connectivity index (χ1) is 9.65. The second-order valence-electron chi connectivity index (χ2n) is 4.70. The smallest absolute Gasteiger partial charge is 0.240 e. The van der Waals surface area contributed by atoms with Crippen molar-refractivity contribution in [2.45, 2.75) is 19.4 Å². The van der Waals surface area contributed by atoms with Crippen LogP contribution in [0.5, 0.6) is 5.75 Å². The summed E-state index contributed by atoms with van der Waals surface area (Å²) in [5.41, 5.74) is 1.57. The average molecular weight is 270 g/mol. The highest BCUT2D eigenvalue weighted by Gasteiger charge is 2.33. The lowest BCUT2D eigenvalue weighted by atomic mass is 10.0. The van der Waals surface area contributed by atoms with Crippen LogP contribution in [-0.2, 0) is 4.79 Å². The van der Waals surface area contributed by atoms with Crippen molar-refractivity contribution in [3.63, 3.8) is 0 Å². The number of benzene rings is 1. The minimum Gasteiger partial charge on any atom is -0.508 e. The Hall–Kier alpha value is -2.56. The molecule has 0 fully saturated rings. The molecule has 3 rings (SSSR count). The van der Waals surface area contributed by atoms with E-state index in [2.05, 4.69) is 5.10 Å². The van der Waals surface area contributed by atoms with E-state index < -0.39 is 0 Å². The topological polar surface area (TPSA) is 66.0 Å². The van der Waals surface area contributed by atoms with Gasteiger partial charge in [-0.15, -0.1) is 0 Å². The van der Waals surface area contributed by atoms with Crippen LogP contribution in [0.15, 0.2) is 52.2 Å². The molecule has 0 radical (unpaired) electrons. The Morgan fingerprint density at radius 3 is 2.90 bits per heavy atom. The molecule has 0 aliphatic carbocycles. The highest BCUT2D eigenvalue weighted by Crippen LogP contribution is 2.33. The largest absolute Gasteiger partial charge is 0.508 e. The predicted molar refractivity (Wildman–Crippen MR) is 73.2 cm³/mol. The van der Waals surface area contributed by atoms with Gasteiger partial charge in [-0.1, -0.05) is 12.1 Å². The highest BCUT2D eigenvalue weighted by atomic mass is 16.3. The number of hydrogen-bond acceptors (Lipinski definition) is 4. The molecule has 2 heterocycles. The summed E-state index contributed by atoms with van der Waals surface area (Å²) in [7, 11) is 0. The molecule has 1 N–H and O–H groups in total. The van der Waals surface area contributed by atoms with Crippen molar-refractivity contribution in [3.05, 3.63) is 54.0 Å². The van der Waals surface area contributed by atoms with Gasteiger partial charge in [-0.25, -0.2) is 5.01 Å². The summed E-state index contributed by atoms with van der Waals surface area (Å²) in [6.07, 6.45) is 2.15. The Kier molecular flexibility index (Phi) is 3.02. The number of carbonyl (C=O) groups excluding carboxylic acids is 1. The summed E-state index contributed by atoms with van der Waals surface area (Å²) >= 11 is 0. The third-order valence-corrected chi connectivity index (χ3v) is 3.28. The van der Waals surface area contributed by atoms with Gasteiger partial charge in [-0.05, 0) is 24.3 Å². The van der Waals surface area contributed by atoms with Crippen LogP contribution >= 0.6 is 0 Å². The molecule has 102 valence electrons. The van der Waals surface area contributed by atoms with E-state index in [1.807, 2.05) is 12.1 Å². The van der Waals surface area contributed by atoms with Crippen LogP contribution in [0, 0.1) is 0 Å². The van der Waals surface area contributed by atoms with Crippen molar-refractivity contribution in [3.8, 4) is 5.75 Å². The summed E-state index contributed by atoms with van der Waals surface area (Å²) < 4.78 is 5.39. The minimum atomic E-state index is -0.222. The maximum absolute atomic E-state index is 11.7. The lowest BCUT2D eigenvalue weighted by Crippen LogP contribution is -2.23. The molecule has 1 aromatic carbocycles. The number of hydrogen-bond donors (Lipinski definition) is 1. The van der Waals surface area contributed by atoms with Gasteiger partial charge in [0.1, 0.15) is 17.6 Å². The van der Waals surface area contributed by atoms with E-state index in [9.17, 15) is 9.90 Å². The van der Waals surface area contributed by atoms with Crippen LogP contribution < -0.4 is 0 Å². The number of rotatable bonds is 2. The number of aromatic hydroxyl groups is 1. The molecule has 5 nitrogen and oxygen atoms in total. The number of hydrazone groups is 1. The fourth-order valence-corrected chi connectivity index (χ4v) is 2.36. The van der Waals surface area contributed by atoms with E-state index in [1.54, 1.807) is 30.5 Å². The van der Waals surface area contributed by atoms with Gasteiger partial charge in [0, 0.05) is 18.9 Å². The first kappa shape index (κ1) is 12.5. The first-order valence-electron chi connectivity index (χ1n) is 6.35. The van der Waals surface area contributed by atoms with Crippen molar-refractivity contribution in [2.75, 3.05) is 0 Å². The zero-order valence-electron chi connectivity index (χ0n) is 11.0. The molecule has 20 heavy (non-hydrogen) atoms. The van der Waals surface area contributed by atoms with E-state index in [0.29, 0.717) is 12.2 Å². The Balaban J connectivity index is 1.95. The molecule has 1 aliphatic rings. The summed E-state index contributed by atoms with van der Waals surface area (Å²) in [6, 6.07) is 10.3. The van der Waals surface area contributed by atoms with Crippen LogP contribution in [0.2, 0.25) is 0 Å². The molecule has 0 saturated heterocycles. The zero-order chi connectivity index (χ0) is 14.1. The third-order valence-electron chi connectivity index (χ3n) is 3.28. The van der Waals surface area contributed by atoms with Crippen LogP contribution in [0.4, 0.5) is 0 Å². The van der Waals surface area contributed by atoms with Crippen molar-refractivity contribution in [2.24, 2.45) is 5.10 Å². The SMILES string of the molecule is CC(=O)N1N=C(c2cccc(O)c2)CC1c1ccco1. The quantitative estimate of drug-likeness (QED) is 0.912. The van der Waals surface area contributed by atoms with Crippen molar-refractivity contribution in [1.82, 2.24) is 5.01 Å². The molecule has 1 aliphatic heterocycles. The van der Waals surface area contributed by atoms with Crippen molar-refractivity contribution >= 4 is 11.6 Å². The Bertz CT molecular complexity index is 662. The second kappa shape index (κ2) is 4.85. The second-order valence-corrected chi connectivity index (χ2v) is 4.70. The van der Waals surface area contributed by atoms with Crippen LogP contribution in [-0.4, -0.2) is 21.7 Å². The maximum atomic E-state index is 11.7. The molecule has 1 aromatic heterocycles. The lowest BCUT2D eigenvalue weighted by molar-refractivity contribution is -0.130. The van der Waals surface area contributed by atoms with Crippen LogP contribution in [0.3, 0.4) is 0 Å². The fraction of sp³-hybridized carbons (Fsp3) is 0.200. The highest BCUT2D eigenvalue weighted by molar-refractivity contribution is 6.03. The Labute approximate surface area is 116 Å². The number of phenolic OH excluding ortho intramolecular Hbond substituents is 1. The lowest BCUT2D eigenvalue weighted by Gasteiger charge is -2.17. The van der Waals surface area contributed by atoms with E-state index in [1.165, 1.54) is 11.9 Å². The first-order valence-corrected chi connectivity index (χ1v) is 6.35. The Morgan fingerprint density at radius 2 is 2.25 bits per heavy atom. The van der Waals surface area contributed by atoms with E-state index >= 15 is 0 Å². The molecular weight excluding hydrogens is 256 g/mol. The molecular formula is C15H14N2O3. The van der Waals surface area contributed by atoms with Gasteiger partial charge in [0.2, 0.25) is 5.91 Å². The molecule has 0 spiro atoms. The van der Waals surface area contributed by atoms with Gasteiger partial charge < -0.3 is 9.52 Å². The van der Waals surface area contributed by atoms with Crippen molar-refractivity contribution in [1.29, 1.82) is 0 Å². The van der Waals surface area contributed by atoms with Gasteiger partial charge in [-0.3, -0.25) is 4.79 Å². The van der Waals surface area contributed by atoms with E-state index in [4.69, 9.17) is 4.42 Å². The zero-order valence-corrected chi connectivity index (χ0v) is 11.0. The molecule has 0 saturated carbocycles. The van der Waals surface area contributed by atoms with E-state index in [-0.39, 0.29) is 17.7 Å². The minimum absolute atomic E-state index is 0.137. The summed E-state index contributed by atoms with van der Waals surface area (Å²) in [5.74, 6) is 0.752. The molecule has 0 bridgehead atoms. The summed E-state index contributed by atoms with van der Waals surface area (Å²) in [5, 5.41) is 15.3. The number of carbonyl (C=O) groups is 1. The number of nitrogens with zero attached hydrogens (tertiary/aromatic N) is 2. The van der Waals surface area contributed by atoms with Gasteiger partial charge in [0.05, 0.1) is 12.0 Å². The van der Waals surface area contributed by atoms with Gasteiger partial charge >= 0.3 is 0 Å². The van der Waals surface area contributed by atoms with Crippen LogP contribution in [0.1, 0.15) is 30.7 Å². The number of phenols is 1. The molecule has 2 aromatic rings. The normalized spacial score (nSPS) is 18.1. The summed E-state index contributed by atoms with van der Waals surface area (Å²) in [4.78, 5) is 11.7. The van der Waals surface area contributed by atoms with Crippen LogP contribution in [0.25, 0.3) is 0 Å².